The van der Waals surface area contributed by atoms with Gasteiger partial charge in [0, 0.05) is 11.9 Å². The van der Waals surface area contributed by atoms with E-state index in [4.69, 9.17) is 23.2 Å². The van der Waals surface area contributed by atoms with Gasteiger partial charge in [-0.25, -0.2) is 0 Å². The molecule has 5 nitrogen and oxygen atoms in total. The second-order valence-corrected chi connectivity index (χ2v) is 4.40. The smallest absolute Gasteiger partial charge is 0.387 e. The Balaban J connectivity index is 2.20. The first-order valence-corrected chi connectivity index (χ1v) is 5.97. The van der Waals surface area contributed by atoms with Gasteiger partial charge in [-0.15, -0.1) is 0 Å². The fourth-order valence-electron chi connectivity index (χ4n) is 1.41. The topological polar surface area (TPSA) is 67.0 Å². The molecule has 0 fully saturated rings. The highest BCUT2D eigenvalue weighted by atomic mass is 35.5. The number of alkyl halides is 2. The van der Waals surface area contributed by atoms with Crippen LogP contribution in [0.15, 0.2) is 24.5 Å². The summed E-state index contributed by atoms with van der Waals surface area (Å²) in [6.07, 6.45) is 2.72. The SMILES string of the molecule is O=C(Nc1cc(Cl)c(OC(F)F)c(Cl)c1)c1cn[nH]c1. The Bertz CT molecular complexity index is 597. The fraction of sp³-hybridized carbons (Fsp3) is 0.0909. The largest absolute Gasteiger partial charge is 0.432 e. The zero-order chi connectivity index (χ0) is 14.7. The summed E-state index contributed by atoms with van der Waals surface area (Å²) >= 11 is 11.5. The molecule has 0 aliphatic rings. The van der Waals surface area contributed by atoms with Crippen molar-refractivity contribution in [2.45, 2.75) is 6.61 Å². The van der Waals surface area contributed by atoms with Gasteiger partial charge in [0.2, 0.25) is 0 Å². The molecule has 2 aromatic rings. The van der Waals surface area contributed by atoms with Crippen molar-refractivity contribution >= 4 is 34.8 Å². The van der Waals surface area contributed by atoms with Crippen LogP contribution in [0, 0.1) is 0 Å². The molecule has 0 aliphatic carbocycles. The number of nitrogens with one attached hydrogen (secondary N) is 2. The minimum Gasteiger partial charge on any atom is -0.432 e. The normalized spacial score (nSPS) is 10.7. The summed E-state index contributed by atoms with van der Waals surface area (Å²) in [4.78, 5) is 11.8. The highest BCUT2D eigenvalue weighted by Crippen LogP contribution is 2.37. The minimum absolute atomic E-state index is 0.139. The first-order chi connectivity index (χ1) is 9.47. The summed E-state index contributed by atoms with van der Waals surface area (Å²) in [5.41, 5.74) is 0.540. The van der Waals surface area contributed by atoms with Crippen LogP contribution in [-0.2, 0) is 0 Å². The van der Waals surface area contributed by atoms with Crippen LogP contribution in [0.25, 0.3) is 0 Å². The van der Waals surface area contributed by atoms with Crippen LogP contribution in [0.2, 0.25) is 10.0 Å². The predicted molar refractivity (Wildman–Crippen MR) is 69.6 cm³/mol. The van der Waals surface area contributed by atoms with Crippen molar-refractivity contribution in [3.63, 3.8) is 0 Å². The lowest BCUT2D eigenvalue weighted by molar-refractivity contribution is -0.0497. The molecule has 0 aliphatic heterocycles. The fourth-order valence-corrected chi connectivity index (χ4v) is 1.99. The number of halogens is 4. The quantitative estimate of drug-likeness (QED) is 0.904. The number of H-pyrrole nitrogens is 1. The summed E-state index contributed by atoms with van der Waals surface area (Å²) in [6.45, 7) is -3.05. The second-order valence-electron chi connectivity index (χ2n) is 3.59. The van der Waals surface area contributed by atoms with Crippen molar-refractivity contribution in [2.75, 3.05) is 5.32 Å². The van der Waals surface area contributed by atoms with Gasteiger partial charge in [-0.05, 0) is 12.1 Å². The maximum absolute atomic E-state index is 12.2. The molecule has 0 spiro atoms. The lowest BCUT2D eigenvalue weighted by Gasteiger charge is -2.11. The molecule has 1 aromatic carbocycles. The van der Waals surface area contributed by atoms with Gasteiger partial charge < -0.3 is 10.1 Å². The third kappa shape index (κ3) is 3.37. The molecular weight excluding hydrogens is 315 g/mol. The maximum atomic E-state index is 12.2. The molecule has 0 saturated carbocycles. The highest BCUT2D eigenvalue weighted by molar-refractivity contribution is 6.37. The van der Waals surface area contributed by atoms with E-state index in [1.54, 1.807) is 0 Å². The minimum atomic E-state index is -3.05. The molecule has 1 aromatic heterocycles. The second kappa shape index (κ2) is 6.06. The average Bonchev–Trinajstić information content (AvgIpc) is 2.87. The lowest BCUT2D eigenvalue weighted by atomic mass is 10.2. The molecular formula is C11H7Cl2F2N3O2. The Kier molecular flexibility index (Phi) is 4.41. The number of hydrogen-bond acceptors (Lipinski definition) is 3. The molecule has 20 heavy (non-hydrogen) atoms. The number of carbonyl (C=O) groups is 1. The van der Waals surface area contributed by atoms with E-state index in [1.165, 1.54) is 24.5 Å². The number of aromatic amines is 1. The molecule has 0 atom stereocenters. The Morgan fingerprint density at radius 1 is 1.35 bits per heavy atom. The standard InChI is InChI=1S/C11H7Cl2F2N3O2/c12-7-1-6(2-8(13)9(7)20-11(14)15)18-10(19)5-3-16-17-4-5/h1-4,11H,(H,16,17)(H,18,19). The van der Waals surface area contributed by atoms with Gasteiger partial charge in [-0.3, -0.25) is 9.89 Å². The summed E-state index contributed by atoms with van der Waals surface area (Å²) in [7, 11) is 0. The number of rotatable bonds is 4. The number of ether oxygens (including phenoxy) is 1. The van der Waals surface area contributed by atoms with Gasteiger partial charge in [-0.1, -0.05) is 23.2 Å². The van der Waals surface area contributed by atoms with E-state index in [-0.39, 0.29) is 21.5 Å². The maximum Gasteiger partial charge on any atom is 0.387 e. The Hall–Kier alpha value is -1.86. The van der Waals surface area contributed by atoms with E-state index in [9.17, 15) is 13.6 Å². The Labute approximate surface area is 121 Å². The van der Waals surface area contributed by atoms with Crippen molar-refractivity contribution in [2.24, 2.45) is 0 Å². The summed E-state index contributed by atoms with van der Waals surface area (Å²) in [6, 6.07) is 2.51. The van der Waals surface area contributed by atoms with Crippen LogP contribution in [-0.4, -0.2) is 22.7 Å². The highest BCUT2D eigenvalue weighted by Gasteiger charge is 2.15. The molecule has 1 amide bonds. The van der Waals surface area contributed by atoms with Crippen molar-refractivity contribution < 1.29 is 18.3 Å². The van der Waals surface area contributed by atoms with Crippen LogP contribution in [0.5, 0.6) is 5.75 Å². The number of aromatic nitrogens is 2. The number of carbonyl (C=O) groups excluding carboxylic acids is 1. The van der Waals surface area contributed by atoms with E-state index in [1.807, 2.05) is 0 Å². The van der Waals surface area contributed by atoms with Crippen molar-refractivity contribution in [3.8, 4) is 5.75 Å². The number of nitrogens with zero attached hydrogens (tertiary/aromatic N) is 1. The molecule has 0 bridgehead atoms. The Morgan fingerprint density at radius 3 is 2.50 bits per heavy atom. The van der Waals surface area contributed by atoms with Gasteiger partial charge in [-0.2, -0.15) is 13.9 Å². The van der Waals surface area contributed by atoms with Crippen LogP contribution >= 0.6 is 23.2 Å². The van der Waals surface area contributed by atoms with Crippen molar-refractivity contribution in [1.82, 2.24) is 10.2 Å². The first kappa shape index (κ1) is 14.5. The predicted octanol–water partition coefficient (Wildman–Crippen LogP) is 3.57. The number of benzene rings is 1. The molecule has 9 heteroatoms. The molecule has 1 heterocycles. The average molecular weight is 322 g/mol. The van der Waals surface area contributed by atoms with E-state index in [0.29, 0.717) is 5.56 Å². The Morgan fingerprint density at radius 2 is 2.00 bits per heavy atom. The monoisotopic (exact) mass is 321 g/mol. The zero-order valence-electron chi connectivity index (χ0n) is 9.66. The molecule has 106 valence electrons. The van der Waals surface area contributed by atoms with E-state index < -0.39 is 12.5 Å². The molecule has 0 radical (unpaired) electrons. The van der Waals surface area contributed by atoms with Gasteiger partial charge in [0.1, 0.15) is 0 Å². The van der Waals surface area contributed by atoms with Gasteiger partial charge in [0.25, 0.3) is 5.91 Å². The van der Waals surface area contributed by atoms with Gasteiger partial charge in [0.05, 0.1) is 21.8 Å². The van der Waals surface area contributed by atoms with E-state index in [2.05, 4.69) is 20.3 Å². The van der Waals surface area contributed by atoms with Gasteiger partial charge in [0.15, 0.2) is 5.75 Å². The van der Waals surface area contributed by atoms with Crippen LogP contribution in [0.3, 0.4) is 0 Å². The number of anilines is 1. The van der Waals surface area contributed by atoms with Crippen LogP contribution < -0.4 is 10.1 Å². The van der Waals surface area contributed by atoms with Gasteiger partial charge >= 0.3 is 6.61 Å². The third-order valence-corrected chi connectivity index (χ3v) is 2.79. The number of hydrogen-bond donors (Lipinski definition) is 2. The third-order valence-electron chi connectivity index (χ3n) is 2.22. The summed E-state index contributed by atoms with van der Waals surface area (Å²) in [5.74, 6) is -0.793. The zero-order valence-corrected chi connectivity index (χ0v) is 11.2. The summed E-state index contributed by atoms with van der Waals surface area (Å²) < 4.78 is 28.5. The summed E-state index contributed by atoms with van der Waals surface area (Å²) in [5, 5.41) is 8.33. The van der Waals surface area contributed by atoms with E-state index >= 15 is 0 Å². The molecule has 0 unspecified atom stereocenters. The lowest BCUT2D eigenvalue weighted by Crippen LogP contribution is -2.11. The number of amides is 1. The first-order valence-electron chi connectivity index (χ1n) is 5.21. The molecule has 0 saturated heterocycles. The molecule has 2 N–H and O–H groups in total. The van der Waals surface area contributed by atoms with E-state index in [0.717, 1.165) is 0 Å². The molecule has 2 rings (SSSR count). The van der Waals surface area contributed by atoms with Crippen LogP contribution in [0.1, 0.15) is 10.4 Å². The van der Waals surface area contributed by atoms with Crippen LogP contribution in [0.4, 0.5) is 14.5 Å². The van der Waals surface area contributed by atoms with Crippen molar-refractivity contribution in [1.29, 1.82) is 0 Å². The van der Waals surface area contributed by atoms with Crippen molar-refractivity contribution in [3.05, 3.63) is 40.1 Å².